The number of pyridine rings is 1. The summed E-state index contributed by atoms with van der Waals surface area (Å²) >= 11 is 0. The molecule has 1 atom stereocenters. The smallest absolute Gasteiger partial charge is 0.369 e. The van der Waals surface area contributed by atoms with Crippen LogP contribution in [-0.4, -0.2) is 17.4 Å². The van der Waals surface area contributed by atoms with Crippen LogP contribution < -0.4 is 11.1 Å². The van der Waals surface area contributed by atoms with Crippen LogP contribution in [0.4, 0.5) is 19.0 Å². The van der Waals surface area contributed by atoms with Crippen molar-refractivity contribution in [1.29, 1.82) is 0 Å². The third-order valence-corrected chi connectivity index (χ3v) is 3.18. The molecule has 1 aromatic heterocycles. The standard InChI is InChI=1S/C13H18F3N3O/c1-7(2)8(3)6-18-12-9(11(17)20)4-5-10(19-12)13(14,15)16/h4-5,7-8H,6H2,1-3H3,(H2,17,20)(H,18,19). The first-order valence-electron chi connectivity index (χ1n) is 6.24. The summed E-state index contributed by atoms with van der Waals surface area (Å²) in [6.45, 7) is 6.36. The molecule has 4 nitrogen and oxygen atoms in total. The summed E-state index contributed by atoms with van der Waals surface area (Å²) in [6.07, 6.45) is -4.56. The molecule has 7 heteroatoms. The van der Waals surface area contributed by atoms with Crippen LogP contribution in [0.2, 0.25) is 0 Å². The minimum absolute atomic E-state index is 0.0473. The van der Waals surface area contributed by atoms with Crippen LogP contribution in [0.15, 0.2) is 12.1 Å². The fraction of sp³-hybridized carbons (Fsp3) is 0.538. The molecule has 0 aliphatic carbocycles. The number of carbonyl (C=O) groups excluding carboxylic acids is 1. The molecule has 3 N–H and O–H groups in total. The maximum absolute atomic E-state index is 12.6. The maximum Gasteiger partial charge on any atom is 0.433 e. The Labute approximate surface area is 115 Å². The van der Waals surface area contributed by atoms with Crippen LogP contribution in [-0.2, 0) is 6.18 Å². The fourth-order valence-corrected chi connectivity index (χ4v) is 1.44. The third-order valence-electron chi connectivity index (χ3n) is 3.18. The van der Waals surface area contributed by atoms with Crippen molar-refractivity contribution in [2.45, 2.75) is 26.9 Å². The number of rotatable bonds is 5. The minimum Gasteiger partial charge on any atom is -0.369 e. The molecule has 0 aromatic carbocycles. The Bertz CT molecular complexity index is 486. The summed E-state index contributed by atoms with van der Waals surface area (Å²) in [7, 11) is 0. The normalized spacial score (nSPS) is 13.3. The predicted octanol–water partition coefficient (Wildman–Crippen LogP) is 2.90. The number of nitrogens with two attached hydrogens (primary N) is 1. The molecule has 20 heavy (non-hydrogen) atoms. The fourth-order valence-electron chi connectivity index (χ4n) is 1.44. The number of aromatic nitrogens is 1. The molecule has 0 bridgehead atoms. The van der Waals surface area contributed by atoms with Gasteiger partial charge in [0.2, 0.25) is 0 Å². The Balaban J connectivity index is 3.04. The molecule has 0 fully saturated rings. The molecule has 1 rings (SSSR count). The molecule has 0 saturated carbocycles. The van der Waals surface area contributed by atoms with Crippen LogP contribution in [0, 0.1) is 11.8 Å². The van der Waals surface area contributed by atoms with Crippen molar-refractivity contribution in [2.75, 3.05) is 11.9 Å². The number of nitrogens with one attached hydrogen (secondary N) is 1. The third kappa shape index (κ3) is 4.11. The van der Waals surface area contributed by atoms with E-state index >= 15 is 0 Å². The zero-order valence-electron chi connectivity index (χ0n) is 11.6. The molecule has 1 aromatic rings. The summed E-state index contributed by atoms with van der Waals surface area (Å²) in [5.41, 5.74) is 4.04. The van der Waals surface area contributed by atoms with E-state index in [-0.39, 0.29) is 17.3 Å². The molecular weight excluding hydrogens is 271 g/mol. The van der Waals surface area contributed by atoms with Gasteiger partial charge in [-0.05, 0) is 24.0 Å². The van der Waals surface area contributed by atoms with E-state index in [2.05, 4.69) is 10.3 Å². The lowest BCUT2D eigenvalue weighted by Crippen LogP contribution is -2.22. The molecule has 0 saturated heterocycles. The van der Waals surface area contributed by atoms with Crippen molar-refractivity contribution in [3.63, 3.8) is 0 Å². The van der Waals surface area contributed by atoms with Gasteiger partial charge in [0, 0.05) is 6.54 Å². The summed E-state index contributed by atoms with van der Waals surface area (Å²) in [4.78, 5) is 14.7. The second-order valence-electron chi connectivity index (χ2n) is 5.06. The summed E-state index contributed by atoms with van der Waals surface area (Å²) in [5, 5.41) is 2.78. The average Bonchev–Trinajstić information content (AvgIpc) is 2.34. The zero-order valence-corrected chi connectivity index (χ0v) is 11.6. The van der Waals surface area contributed by atoms with Gasteiger partial charge in [-0.2, -0.15) is 13.2 Å². The van der Waals surface area contributed by atoms with E-state index in [1.807, 2.05) is 20.8 Å². The van der Waals surface area contributed by atoms with E-state index in [1.165, 1.54) is 0 Å². The molecule has 0 aliphatic rings. The van der Waals surface area contributed by atoms with Crippen molar-refractivity contribution in [3.05, 3.63) is 23.4 Å². The van der Waals surface area contributed by atoms with Crippen LogP contribution in [0.1, 0.15) is 36.8 Å². The van der Waals surface area contributed by atoms with Crippen molar-refractivity contribution in [2.24, 2.45) is 17.6 Å². The number of nitrogens with zero attached hydrogens (tertiary/aromatic N) is 1. The van der Waals surface area contributed by atoms with E-state index in [4.69, 9.17) is 5.73 Å². The van der Waals surface area contributed by atoms with Gasteiger partial charge in [-0.1, -0.05) is 20.8 Å². The molecule has 1 heterocycles. The first-order valence-corrected chi connectivity index (χ1v) is 6.24. The van der Waals surface area contributed by atoms with Crippen LogP contribution >= 0.6 is 0 Å². The number of primary amides is 1. The average molecular weight is 289 g/mol. The zero-order chi connectivity index (χ0) is 15.5. The Morgan fingerprint density at radius 2 is 1.95 bits per heavy atom. The van der Waals surface area contributed by atoms with Gasteiger partial charge in [-0.25, -0.2) is 4.98 Å². The van der Waals surface area contributed by atoms with E-state index in [1.54, 1.807) is 0 Å². The number of amides is 1. The molecule has 0 aliphatic heterocycles. The van der Waals surface area contributed by atoms with Gasteiger partial charge in [0.05, 0.1) is 5.56 Å². The highest BCUT2D eigenvalue weighted by Crippen LogP contribution is 2.29. The van der Waals surface area contributed by atoms with Gasteiger partial charge in [0.15, 0.2) is 0 Å². The molecule has 0 spiro atoms. The van der Waals surface area contributed by atoms with Gasteiger partial charge in [0.25, 0.3) is 5.91 Å². The quantitative estimate of drug-likeness (QED) is 0.875. The van der Waals surface area contributed by atoms with Gasteiger partial charge >= 0.3 is 6.18 Å². The van der Waals surface area contributed by atoms with Gasteiger partial charge in [-0.15, -0.1) is 0 Å². The van der Waals surface area contributed by atoms with Crippen molar-refractivity contribution >= 4 is 11.7 Å². The molecular formula is C13H18F3N3O. The second-order valence-corrected chi connectivity index (χ2v) is 5.06. The van der Waals surface area contributed by atoms with Gasteiger partial charge < -0.3 is 11.1 Å². The highest BCUT2D eigenvalue weighted by atomic mass is 19.4. The maximum atomic E-state index is 12.6. The van der Waals surface area contributed by atoms with Gasteiger partial charge in [0.1, 0.15) is 11.5 Å². The number of hydrogen-bond acceptors (Lipinski definition) is 3. The largest absolute Gasteiger partial charge is 0.433 e. The van der Waals surface area contributed by atoms with Crippen molar-refractivity contribution in [1.82, 2.24) is 4.98 Å². The van der Waals surface area contributed by atoms with E-state index in [9.17, 15) is 18.0 Å². The van der Waals surface area contributed by atoms with Crippen molar-refractivity contribution < 1.29 is 18.0 Å². The summed E-state index contributed by atoms with van der Waals surface area (Å²) < 4.78 is 37.9. The van der Waals surface area contributed by atoms with Crippen LogP contribution in [0.25, 0.3) is 0 Å². The predicted molar refractivity (Wildman–Crippen MR) is 70.2 cm³/mol. The monoisotopic (exact) mass is 289 g/mol. The Morgan fingerprint density at radius 1 is 1.35 bits per heavy atom. The molecule has 1 unspecified atom stereocenters. The van der Waals surface area contributed by atoms with E-state index in [0.29, 0.717) is 12.5 Å². The van der Waals surface area contributed by atoms with Crippen LogP contribution in [0.3, 0.4) is 0 Å². The molecule has 0 radical (unpaired) electrons. The number of carbonyl (C=O) groups is 1. The summed E-state index contributed by atoms with van der Waals surface area (Å²) in [6, 6.07) is 1.79. The SMILES string of the molecule is CC(C)C(C)CNc1nc(C(F)(F)F)ccc1C(N)=O. The van der Waals surface area contributed by atoms with E-state index < -0.39 is 17.8 Å². The minimum atomic E-state index is -4.56. The Morgan fingerprint density at radius 3 is 2.40 bits per heavy atom. The first-order chi connectivity index (χ1) is 9.12. The Hall–Kier alpha value is -1.79. The molecule has 1 amide bonds. The number of hydrogen-bond donors (Lipinski definition) is 2. The highest BCUT2D eigenvalue weighted by molar-refractivity contribution is 5.97. The lowest BCUT2D eigenvalue weighted by Gasteiger charge is -2.18. The Kier molecular flexibility index (Phi) is 4.97. The van der Waals surface area contributed by atoms with Crippen molar-refractivity contribution in [3.8, 4) is 0 Å². The molecule has 112 valence electrons. The number of halogens is 3. The summed E-state index contributed by atoms with van der Waals surface area (Å²) in [5.74, 6) is -0.372. The highest BCUT2D eigenvalue weighted by Gasteiger charge is 2.33. The van der Waals surface area contributed by atoms with Gasteiger partial charge in [-0.3, -0.25) is 4.79 Å². The topological polar surface area (TPSA) is 68.0 Å². The number of anilines is 1. The lowest BCUT2D eigenvalue weighted by atomic mass is 9.98. The first kappa shape index (κ1) is 16.3. The van der Waals surface area contributed by atoms with Crippen LogP contribution in [0.5, 0.6) is 0 Å². The lowest BCUT2D eigenvalue weighted by molar-refractivity contribution is -0.141. The van der Waals surface area contributed by atoms with E-state index in [0.717, 1.165) is 12.1 Å². The number of alkyl halides is 3. The second kappa shape index (κ2) is 6.11.